The molecule has 0 saturated heterocycles. The van der Waals surface area contributed by atoms with Crippen molar-refractivity contribution in [2.24, 2.45) is 0 Å². The zero-order valence-corrected chi connectivity index (χ0v) is 14.3. The van der Waals surface area contributed by atoms with Gasteiger partial charge in [-0.2, -0.15) is 0 Å². The highest BCUT2D eigenvalue weighted by molar-refractivity contribution is 6.06. The SMILES string of the molecule is COCCn1cc(NC(=O)Nc2ccccc2OC)c2ccccc21. The number of hydrogen-bond donors (Lipinski definition) is 2. The molecular formula is C19H21N3O3. The lowest BCUT2D eigenvalue weighted by Crippen LogP contribution is -2.19. The Morgan fingerprint density at radius 3 is 2.52 bits per heavy atom. The first-order valence-electron chi connectivity index (χ1n) is 8.00. The number of para-hydroxylation sites is 3. The second kappa shape index (κ2) is 7.72. The summed E-state index contributed by atoms with van der Waals surface area (Å²) in [4.78, 5) is 12.4. The molecule has 0 atom stereocenters. The van der Waals surface area contributed by atoms with E-state index in [4.69, 9.17) is 9.47 Å². The maximum Gasteiger partial charge on any atom is 0.323 e. The molecule has 3 rings (SSSR count). The first kappa shape index (κ1) is 16.9. The van der Waals surface area contributed by atoms with Gasteiger partial charge in [0.25, 0.3) is 0 Å². The van der Waals surface area contributed by atoms with E-state index >= 15 is 0 Å². The number of rotatable bonds is 6. The molecule has 1 heterocycles. The van der Waals surface area contributed by atoms with Crippen molar-refractivity contribution in [1.82, 2.24) is 4.57 Å². The third kappa shape index (κ3) is 3.75. The van der Waals surface area contributed by atoms with Crippen molar-refractivity contribution in [2.75, 3.05) is 31.5 Å². The average Bonchev–Trinajstić information content (AvgIpc) is 2.98. The van der Waals surface area contributed by atoms with Gasteiger partial charge in [0.1, 0.15) is 5.75 Å². The molecule has 0 fully saturated rings. The zero-order valence-electron chi connectivity index (χ0n) is 14.3. The standard InChI is InChI=1S/C19H21N3O3/c1-24-12-11-22-13-16(14-7-3-5-9-17(14)22)21-19(23)20-15-8-4-6-10-18(15)25-2/h3-10,13H,11-12H2,1-2H3,(H2,20,21,23). The van der Waals surface area contributed by atoms with E-state index < -0.39 is 0 Å². The fraction of sp³-hybridized carbons (Fsp3) is 0.211. The Kier molecular flexibility index (Phi) is 5.20. The zero-order chi connectivity index (χ0) is 17.6. The first-order chi connectivity index (χ1) is 12.2. The lowest BCUT2D eigenvalue weighted by Gasteiger charge is -2.10. The maximum absolute atomic E-state index is 12.4. The maximum atomic E-state index is 12.4. The van der Waals surface area contributed by atoms with E-state index in [9.17, 15) is 4.79 Å². The quantitative estimate of drug-likeness (QED) is 0.715. The molecule has 0 aliphatic carbocycles. The van der Waals surface area contributed by atoms with Crippen LogP contribution in [-0.4, -0.2) is 31.4 Å². The van der Waals surface area contributed by atoms with Crippen molar-refractivity contribution in [1.29, 1.82) is 0 Å². The molecule has 1 aromatic heterocycles. The topological polar surface area (TPSA) is 64.5 Å². The van der Waals surface area contributed by atoms with E-state index in [2.05, 4.69) is 15.2 Å². The van der Waals surface area contributed by atoms with Crippen LogP contribution in [0.5, 0.6) is 5.75 Å². The summed E-state index contributed by atoms with van der Waals surface area (Å²) in [6.45, 7) is 1.32. The summed E-state index contributed by atoms with van der Waals surface area (Å²) >= 11 is 0. The van der Waals surface area contributed by atoms with Gasteiger partial charge in [0.15, 0.2) is 0 Å². The van der Waals surface area contributed by atoms with Crippen LogP contribution in [0.25, 0.3) is 10.9 Å². The minimum absolute atomic E-state index is 0.320. The van der Waals surface area contributed by atoms with Crippen LogP contribution in [0, 0.1) is 0 Å². The number of methoxy groups -OCH3 is 2. The number of carbonyl (C=O) groups is 1. The van der Waals surface area contributed by atoms with Crippen LogP contribution in [-0.2, 0) is 11.3 Å². The van der Waals surface area contributed by atoms with Crippen molar-refractivity contribution >= 4 is 28.3 Å². The summed E-state index contributed by atoms with van der Waals surface area (Å²) in [5, 5.41) is 6.71. The molecule has 2 N–H and O–H groups in total. The average molecular weight is 339 g/mol. The molecule has 2 aromatic carbocycles. The number of carbonyl (C=O) groups excluding carboxylic acids is 1. The molecule has 0 aliphatic rings. The second-order valence-corrected chi connectivity index (χ2v) is 5.53. The Morgan fingerprint density at radius 1 is 1.00 bits per heavy atom. The van der Waals surface area contributed by atoms with E-state index in [1.807, 2.05) is 42.6 Å². The predicted molar refractivity (Wildman–Crippen MR) is 99.4 cm³/mol. The van der Waals surface area contributed by atoms with Crippen LogP contribution in [0.1, 0.15) is 0 Å². The smallest absolute Gasteiger partial charge is 0.323 e. The van der Waals surface area contributed by atoms with Crippen LogP contribution in [0.4, 0.5) is 16.2 Å². The number of urea groups is 1. The molecule has 3 aromatic rings. The molecule has 6 heteroatoms. The molecule has 25 heavy (non-hydrogen) atoms. The Hall–Kier alpha value is -2.99. The molecule has 0 saturated carbocycles. The lowest BCUT2D eigenvalue weighted by molar-refractivity contribution is 0.188. The molecular weight excluding hydrogens is 318 g/mol. The van der Waals surface area contributed by atoms with Crippen molar-refractivity contribution < 1.29 is 14.3 Å². The first-order valence-corrected chi connectivity index (χ1v) is 8.00. The van der Waals surface area contributed by atoms with E-state index in [0.717, 1.165) is 16.6 Å². The van der Waals surface area contributed by atoms with Crippen LogP contribution < -0.4 is 15.4 Å². The van der Waals surface area contributed by atoms with Gasteiger partial charge in [0.05, 0.1) is 30.6 Å². The molecule has 0 aliphatic heterocycles. The van der Waals surface area contributed by atoms with Gasteiger partial charge >= 0.3 is 6.03 Å². The number of ether oxygens (including phenoxy) is 2. The fourth-order valence-electron chi connectivity index (χ4n) is 2.74. The van der Waals surface area contributed by atoms with E-state index in [1.165, 1.54) is 0 Å². The third-order valence-electron chi connectivity index (χ3n) is 3.93. The third-order valence-corrected chi connectivity index (χ3v) is 3.93. The van der Waals surface area contributed by atoms with Gasteiger partial charge in [0, 0.05) is 25.2 Å². The van der Waals surface area contributed by atoms with Crippen LogP contribution >= 0.6 is 0 Å². The summed E-state index contributed by atoms with van der Waals surface area (Å²) in [5.74, 6) is 0.611. The summed E-state index contributed by atoms with van der Waals surface area (Å²) in [5.41, 5.74) is 2.41. The van der Waals surface area contributed by atoms with Crippen LogP contribution in [0.3, 0.4) is 0 Å². The van der Waals surface area contributed by atoms with Crippen LogP contribution in [0.15, 0.2) is 54.7 Å². The Bertz CT molecular complexity index is 873. The number of anilines is 2. The molecule has 2 amide bonds. The molecule has 6 nitrogen and oxygen atoms in total. The summed E-state index contributed by atoms with van der Waals surface area (Å²) in [7, 11) is 3.24. The molecule has 0 bridgehead atoms. The molecule has 130 valence electrons. The number of fused-ring (bicyclic) bond motifs is 1. The Labute approximate surface area is 146 Å². The predicted octanol–water partition coefficient (Wildman–Crippen LogP) is 3.94. The number of nitrogens with zero attached hydrogens (tertiary/aromatic N) is 1. The highest BCUT2D eigenvalue weighted by atomic mass is 16.5. The Morgan fingerprint density at radius 2 is 1.72 bits per heavy atom. The summed E-state index contributed by atoms with van der Waals surface area (Å²) in [6, 6.07) is 14.9. The minimum atomic E-state index is -0.320. The van der Waals surface area contributed by atoms with Gasteiger partial charge in [-0.3, -0.25) is 0 Å². The van der Waals surface area contributed by atoms with Crippen molar-refractivity contribution in [2.45, 2.75) is 6.54 Å². The highest BCUT2D eigenvalue weighted by Crippen LogP contribution is 2.27. The highest BCUT2D eigenvalue weighted by Gasteiger charge is 2.12. The van der Waals surface area contributed by atoms with E-state index in [1.54, 1.807) is 26.4 Å². The van der Waals surface area contributed by atoms with Gasteiger partial charge in [-0.1, -0.05) is 30.3 Å². The van der Waals surface area contributed by atoms with E-state index in [0.29, 0.717) is 24.6 Å². The Balaban J connectivity index is 1.81. The fourth-order valence-corrected chi connectivity index (χ4v) is 2.74. The number of benzene rings is 2. The monoisotopic (exact) mass is 339 g/mol. The number of aromatic nitrogens is 1. The van der Waals surface area contributed by atoms with Gasteiger partial charge in [-0.25, -0.2) is 4.79 Å². The molecule has 0 unspecified atom stereocenters. The van der Waals surface area contributed by atoms with Crippen molar-refractivity contribution in [3.05, 3.63) is 54.7 Å². The molecule has 0 spiro atoms. The second-order valence-electron chi connectivity index (χ2n) is 5.53. The lowest BCUT2D eigenvalue weighted by atomic mass is 10.2. The number of nitrogens with one attached hydrogen (secondary N) is 2. The van der Waals surface area contributed by atoms with Gasteiger partial charge in [-0.05, 0) is 18.2 Å². The minimum Gasteiger partial charge on any atom is -0.495 e. The van der Waals surface area contributed by atoms with Gasteiger partial charge < -0.3 is 24.7 Å². The van der Waals surface area contributed by atoms with Crippen molar-refractivity contribution in [3.8, 4) is 5.75 Å². The van der Waals surface area contributed by atoms with Gasteiger partial charge in [-0.15, -0.1) is 0 Å². The largest absolute Gasteiger partial charge is 0.495 e. The normalized spacial score (nSPS) is 10.6. The van der Waals surface area contributed by atoms with Gasteiger partial charge in [0.2, 0.25) is 0 Å². The van der Waals surface area contributed by atoms with Crippen LogP contribution in [0.2, 0.25) is 0 Å². The number of amides is 2. The van der Waals surface area contributed by atoms with Crippen molar-refractivity contribution in [3.63, 3.8) is 0 Å². The summed E-state index contributed by atoms with van der Waals surface area (Å²) < 4.78 is 12.5. The summed E-state index contributed by atoms with van der Waals surface area (Å²) in [6.07, 6.45) is 1.92. The van der Waals surface area contributed by atoms with E-state index in [-0.39, 0.29) is 6.03 Å². The number of hydrogen-bond acceptors (Lipinski definition) is 3. The molecule has 0 radical (unpaired) electrons.